The van der Waals surface area contributed by atoms with Crippen molar-refractivity contribution in [2.75, 3.05) is 12.3 Å². The van der Waals surface area contributed by atoms with Crippen LogP contribution in [0.1, 0.15) is 13.3 Å². The lowest BCUT2D eigenvalue weighted by atomic mass is 10.0. The number of carbonyl (C=O) groups excluding carboxylic acids is 2. The van der Waals surface area contributed by atoms with Crippen molar-refractivity contribution in [2.45, 2.75) is 42.8 Å². The quantitative estimate of drug-likeness (QED) is 0.275. The van der Waals surface area contributed by atoms with Crippen LogP contribution in [0.25, 0.3) is 0 Å². The molecule has 0 aromatic heterocycles. The molecule has 1 fully saturated rings. The number of nitrogens with zero attached hydrogens (tertiary/aromatic N) is 1. The van der Waals surface area contributed by atoms with Gasteiger partial charge in [-0.2, -0.15) is 0 Å². The molecule has 25 heavy (non-hydrogen) atoms. The Labute approximate surface area is 151 Å². The number of likely N-dealkylation sites (tertiary alicyclic amines) is 1. The molecule has 0 saturated carbocycles. The highest BCUT2D eigenvalue weighted by molar-refractivity contribution is 8.77. The molecule has 7 N–H and O–H groups in total. The molecule has 1 saturated heterocycles. The van der Waals surface area contributed by atoms with Gasteiger partial charge in [0.1, 0.15) is 17.3 Å². The van der Waals surface area contributed by atoms with Gasteiger partial charge in [0, 0.05) is 25.6 Å². The normalized spacial score (nSPS) is 23.8. The van der Waals surface area contributed by atoms with Crippen LogP contribution in [0.5, 0.6) is 0 Å². The van der Waals surface area contributed by atoms with E-state index in [0.29, 0.717) is 0 Å². The van der Waals surface area contributed by atoms with Gasteiger partial charge in [-0.05, 0) is 0 Å². The van der Waals surface area contributed by atoms with Crippen molar-refractivity contribution >= 4 is 45.2 Å². The fraction of sp³-hybridized carbons (Fsp3) is 0.692. The number of aliphatic carboxylic acids is 2. The molecule has 0 aromatic carbocycles. The Bertz CT molecular complexity index is 548. The second-order valence-electron chi connectivity index (χ2n) is 5.59. The lowest BCUT2D eigenvalue weighted by Crippen LogP contribution is -2.51. The number of Topliss-reactive ketones (excluding diaryl/α,β-unsaturated/α-hetero) is 1. The van der Waals surface area contributed by atoms with E-state index >= 15 is 0 Å². The SMILES string of the molecule is CC(=O)N1CC(O)C[C@H]1C(=O)C(SSC[C@H](N)C(=O)O)[C@H](N)C(=O)O. The van der Waals surface area contributed by atoms with Gasteiger partial charge in [0.2, 0.25) is 5.91 Å². The second kappa shape index (κ2) is 9.38. The molecule has 0 aromatic rings. The third-order valence-corrected chi connectivity index (χ3v) is 6.44. The van der Waals surface area contributed by atoms with Gasteiger partial charge in [0.25, 0.3) is 0 Å². The largest absolute Gasteiger partial charge is 0.480 e. The maximum atomic E-state index is 12.7. The number of β-amino-alcohol motifs (C(OH)–C–C–N with tert-alkyl or cyclic N) is 1. The third kappa shape index (κ3) is 5.85. The summed E-state index contributed by atoms with van der Waals surface area (Å²) >= 11 is 0. The Hall–Kier alpha value is -1.34. The number of amides is 1. The molecule has 1 heterocycles. The van der Waals surface area contributed by atoms with Crippen LogP contribution in [0, 0.1) is 0 Å². The van der Waals surface area contributed by atoms with Crippen LogP contribution >= 0.6 is 21.6 Å². The fourth-order valence-corrected chi connectivity index (χ4v) is 5.05. The highest BCUT2D eigenvalue weighted by Crippen LogP contribution is 2.33. The number of rotatable bonds is 9. The van der Waals surface area contributed by atoms with Crippen molar-refractivity contribution < 1.29 is 34.5 Å². The Morgan fingerprint density at radius 2 is 1.80 bits per heavy atom. The van der Waals surface area contributed by atoms with Crippen LogP contribution in [0.2, 0.25) is 0 Å². The molecule has 0 radical (unpaired) electrons. The average molecular weight is 395 g/mol. The number of carboxylic acids is 2. The molecule has 12 heteroatoms. The van der Waals surface area contributed by atoms with Crippen molar-refractivity contribution in [2.24, 2.45) is 11.5 Å². The zero-order valence-electron chi connectivity index (χ0n) is 13.4. The van der Waals surface area contributed by atoms with Crippen LogP contribution in [0.4, 0.5) is 0 Å². The monoisotopic (exact) mass is 395 g/mol. The van der Waals surface area contributed by atoms with Crippen molar-refractivity contribution in [1.29, 1.82) is 0 Å². The van der Waals surface area contributed by atoms with E-state index < -0.39 is 53.1 Å². The van der Waals surface area contributed by atoms with Gasteiger partial charge in [-0.25, -0.2) is 0 Å². The number of hydrogen-bond acceptors (Lipinski definition) is 9. The van der Waals surface area contributed by atoms with E-state index in [2.05, 4.69) is 0 Å². The fourth-order valence-electron chi connectivity index (χ4n) is 2.29. The first-order chi connectivity index (χ1) is 11.6. The van der Waals surface area contributed by atoms with E-state index in [1.165, 1.54) is 11.8 Å². The maximum absolute atomic E-state index is 12.7. The summed E-state index contributed by atoms with van der Waals surface area (Å²) in [7, 11) is 1.73. The van der Waals surface area contributed by atoms with Crippen molar-refractivity contribution in [3.8, 4) is 0 Å². The molecular weight excluding hydrogens is 374 g/mol. The minimum absolute atomic E-state index is 0.00111. The number of aliphatic hydroxyl groups excluding tert-OH is 1. The number of carbonyl (C=O) groups is 4. The number of carboxylic acid groups (broad SMARTS) is 2. The van der Waals surface area contributed by atoms with Crippen LogP contribution in [0.3, 0.4) is 0 Å². The minimum Gasteiger partial charge on any atom is -0.480 e. The molecule has 0 bridgehead atoms. The van der Waals surface area contributed by atoms with Crippen molar-refractivity contribution in [3.63, 3.8) is 0 Å². The summed E-state index contributed by atoms with van der Waals surface area (Å²) in [5.41, 5.74) is 11.0. The van der Waals surface area contributed by atoms with E-state index in [4.69, 9.17) is 21.7 Å². The zero-order valence-corrected chi connectivity index (χ0v) is 15.0. The topological polar surface area (TPSA) is 184 Å². The molecule has 1 rings (SSSR count). The number of nitrogens with two attached hydrogens (primary N) is 2. The molecular formula is C13H21N3O7S2. The first-order valence-electron chi connectivity index (χ1n) is 7.30. The average Bonchev–Trinajstić information content (AvgIpc) is 2.92. The first kappa shape index (κ1) is 21.7. The lowest BCUT2D eigenvalue weighted by Gasteiger charge is -2.27. The van der Waals surface area contributed by atoms with Gasteiger partial charge in [0.15, 0.2) is 5.78 Å². The standard InChI is InChI=1S/C13H21N3O7S2/c1-5(17)16-3-6(18)2-8(16)10(19)11(9(15)13(22)23)25-24-4-7(14)12(20)21/h6-9,11,18H,2-4,14-15H2,1H3,(H,20,21)(H,22,23)/t6?,7-,8-,9-,11?/m0/s1. The Balaban J connectivity index is 2.87. The maximum Gasteiger partial charge on any atom is 0.322 e. The molecule has 142 valence electrons. The summed E-state index contributed by atoms with van der Waals surface area (Å²) in [5, 5.41) is 26.4. The van der Waals surface area contributed by atoms with Crippen molar-refractivity contribution in [3.05, 3.63) is 0 Å². The molecule has 2 unspecified atom stereocenters. The number of ketones is 1. The van der Waals surface area contributed by atoms with Crippen molar-refractivity contribution in [1.82, 2.24) is 4.90 Å². The molecule has 0 spiro atoms. The molecule has 0 aliphatic carbocycles. The van der Waals surface area contributed by atoms with Gasteiger partial charge in [-0.3, -0.25) is 19.2 Å². The van der Waals surface area contributed by atoms with E-state index in [0.717, 1.165) is 21.6 Å². The molecule has 5 atom stereocenters. The molecule has 1 amide bonds. The van der Waals surface area contributed by atoms with Crippen LogP contribution in [-0.4, -0.2) is 85.6 Å². The summed E-state index contributed by atoms with van der Waals surface area (Å²) in [6, 6.07) is -3.68. The molecule has 1 aliphatic rings. The van der Waals surface area contributed by atoms with Gasteiger partial charge in [-0.15, -0.1) is 0 Å². The van der Waals surface area contributed by atoms with Gasteiger partial charge in [0.05, 0.1) is 12.1 Å². The zero-order chi connectivity index (χ0) is 19.3. The summed E-state index contributed by atoms with van der Waals surface area (Å²) < 4.78 is 0. The Morgan fingerprint density at radius 3 is 2.28 bits per heavy atom. The number of aliphatic hydroxyl groups is 1. The number of hydrogen-bond donors (Lipinski definition) is 5. The third-order valence-electron chi connectivity index (χ3n) is 3.64. The van der Waals surface area contributed by atoms with Crippen LogP contribution in [0.15, 0.2) is 0 Å². The van der Waals surface area contributed by atoms with E-state index in [1.54, 1.807) is 0 Å². The second-order valence-corrected chi connectivity index (χ2v) is 8.14. The lowest BCUT2D eigenvalue weighted by molar-refractivity contribution is -0.141. The Kier molecular flexibility index (Phi) is 8.15. The summed E-state index contributed by atoms with van der Waals surface area (Å²) in [6.45, 7) is 1.24. The minimum atomic E-state index is -1.54. The van der Waals surface area contributed by atoms with Gasteiger partial charge < -0.3 is 31.7 Å². The smallest absolute Gasteiger partial charge is 0.322 e. The highest BCUT2D eigenvalue weighted by Gasteiger charge is 2.43. The Morgan fingerprint density at radius 1 is 1.20 bits per heavy atom. The van der Waals surface area contributed by atoms with Crippen LogP contribution < -0.4 is 11.5 Å². The first-order valence-corrected chi connectivity index (χ1v) is 9.68. The van der Waals surface area contributed by atoms with Gasteiger partial charge in [-0.1, -0.05) is 21.6 Å². The predicted molar refractivity (Wildman–Crippen MR) is 91.9 cm³/mol. The predicted octanol–water partition coefficient (Wildman–Crippen LogP) is -1.89. The van der Waals surface area contributed by atoms with E-state index in [9.17, 15) is 24.3 Å². The molecule has 1 aliphatic heterocycles. The van der Waals surface area contributed by atoms with Crippen LogP contribution in [-0.2, 0) is 19.2 Å². The highest BCUT2D eigenvalue weighted by atomic mass is 33.1. The van der Waals surface area contributed by atoms with E-state index in [-0.39, 0.29) is 18.7 Å². The summed E-state index contributed by atoms with van der Waals surface area (Å²) in [4.78, 5) is 47.5. The van der Waals surface area contributed by atoms with Gasteiger partial charge >= 0.3 is 11.9 Å². The van der Waals surface area contributed by atoms with E-state index in [1.807, 2.05) is 0 Å². The molecule has 10 nitrogen and oxygen atoms in total. The summed E-state index contributed by atoms with van der Waals surface area (Å²) in [5.74, 6) is -3.69. The summed E-state index contributed by atoms with van der Waals surface area (Å²) in [6.07, 6.45) is -0.876.